The van der Waals surface area contributed by atoms with Gasteiger partial charge in [0.05, 0.1) is 11.0 Å². The van der Waals surface area contributed by atoms with Crippen molar-refractivity contribution >= 4 is 11.4 Å². The van der Waals surface area contributed by atoms with E-state index in [0.29, 0.717) is 17.2 Å². The highest BCUT2D eigenvalue weighted by atomic mass is 16.6. The van der Waals surface area contributed by atoms with Crippen molar-refractivity contribution < 1.29 is 10.0 Å². The standard InChI is InChI=1S/C16H26N2O3/c1-5-13(6-2)11-17(7-3)15-9-8-14(12(4)19)10-16(15)18(20)21/h8-10,12-13,19H,5-7,11H2,1-4H3/t12-/m1/s1. The van der Waals surface area contributed by atoms with Crippen LogP contribution in [0.4, 0.5) is 11.4 Å². The SMILES string of the molecule is CCC(CC)CN(CC)c1ccc([C@@H](C)O)cc1[N+](=O)[O-]. The molecule has 1 aromatic rings. The van der Waals surface area contributed by atoms with Gasteiger partial charge in [0.1, 0.15) is 5.69 Å². The van der Waals surface area contributed by atoms with Gasteiger partial charge in [0, 0.05) is 19.2 Å². The Morgan fingerprint density at radius 2 is 1.90 bits per heavy atom. The first-order valence-electron chi connectivity index (χ1n) is 7.65. The van der Waals surface area contributed by atoms with Gasteiger partial charge in [0.2, 0.25) is 0 Å². The molecule has 118 valence electrons. The van der Waals surface area contributed by atoms with Crippen molar-refractivity contribution in [1.82, 2.24) is 0 Å². The second kappa shape index (κ2) is 7.98. The van der Waals surface area contributed by atoms with Crippen molar-refractivity contribution in [3.63, 3.8) is 0 Å². The number of nitro benzene ring substituents is 1. The molecule has 0 heterocycles. The Balaban J connectivity index is 3.16. The molecule has 0 aliphatic heterocycles. The largest absolute Gasteiger partial charge is 0.389 e. The maximum Gasteiger partial charge on any atom is 0.292 e. The number of aliphatic hydroxyl groups is 1. The van der Waals surface area contributed by atoms with Crippen LogP contribution in [0.15, 0.2) is 18.2 Å². The van der Waals surface area contributed by atoms with E-state index in [-0.39, 0.29) is 10.6 Å². The molecule has 0 fully saturated rings. The highest BCUT2D eigenvalue weighted by Gasteiger charge is 2.21. The fourth-order valence-electron chi connectivity index (χ4n) is 2.47. The van der Waals surface area contributed by atoms with E-state index < -0.39 is 6.10 Å². The Hall–Kier alpha value is -1.62. The van der Waals surface area contributed by atoms with Crippen molar-refractivity contribution in [3.05, 3.63) is 33.9 Å². The summed E-state index contributed by atoms with van der Waals surface area (Å²) in [5, 5.41) is 20.9. The smallest absolute Gasteiger partial charge is 0.292 e. The Bertz CT molecular complexity index is 471. The van der Waals surface area contributed by atoms with Crippen molar-refractivity contribution in [3.8, 4) is 0 Å². The number of nitro groups is 1. The summed E-state index contributed by atoms with van der Waals surface area (Å²) in [6.07, 6.45) is 1.42. The van der Waals surface area contributed by atoms with Gasteiger partial charge in [0.15, 0.2) is 0 Å². The Morgan fingerprint density at radius 1 is 1.29 bits per heavy atom. The molecule has 5 nitrogen and oxygen atoms in total. The average molecular weight is 294 g/mol. The van der Waals surface area contributed by atoms with Gasteiger partial charge in [-0.1, -0.05) is 32.8 Å². The molecule has 0 bridgehead atoms. The molecule has 5 heteroatoms. The molecular formula is C16H26N2O3. The number of hydrogen-bond acceptors (Lipinski definition) is 4. The van der Waals surface area contributed by atoms with Gasteiger partial charge in [0.25, 0.3) is 5.69 Å². The van der Waals surface area contributed by atoms with E-state index in [1.54, 1.807) is 19.1 Å². The topological polar surface area (TPSA) is 66.6 Å². The van der Waals surface area contributed by atoms with Gasteiger partial charge < -0.3 is 10.0 Å². The Kier molecular flexibility index (Phi) is 6.62. The second-order valence-corrected chi connectivity index (χ2v) is 5.40. The summed E-state index contributed by atoms with van der Waals surface area (Å²) >= 11 is 0. The molecular weight excluding hydrogens is 268 g/mol. The molecule has 0 amide bonds. The zero-order chi connectivity index (χ0) is 16.0. The number of aliphatic hydroxyl groups excluding tert-OH is 1. The molecule has 0 aliphatic carbocycles. The maximum atomic E-state index is 11.3. The fraction of sp³-hybridized carbons (Fsp3) is 0.625. The maximum absolute atomic E-state index is 11.3. The lowest BCUT2D eigenvalue weighted by atomic mass is 10.0. The number of benzene rings is 1. The third-order valence-electron chi connectivity index (χ3n) is 4.03. The lowest BCUT2D eigenvalue weighted by molar-refractivity contribution is -0.384. The van der Waals surface area contributed by atoms with Crippen LogP contribution < -0.4 is 4.90 Å². The van der Waals surface area contributed by atoms with Crippen molar-refractivity contribution in [2.75, 3.05) is 18.0 Å². The minimum Gasteiger partial charge on any atom is -0.389 e. The summed E-state index contributed by atoms with van der Waals surface area (Å²) in [5.41, 5.74) is 1.28. The lowest BCUT2D eigenvalue weighted by Gasteiger charge is -2.27. The average Bonchev–Trinajstić information content (AvgIpc) is 2.48. The third-order valence-corrected chi connectivity index (χ3v) is 4.03. The molecule has 0 aliphatic rings. The molecule has 0 radical (unpaired) electrons. The summed E-state index contributed by atoms with van der Waals surface area (Å²) in [6, 6.07) is 5.00. The molecule has 0 saturated carbocycles. The Morgan fingerprint density at radius 3 is 2.33 bits per heavy atom. The van der Waals surface area contributed by atoms with Gasteiger partial charge in [-0.3, -0.25) is 10.1 Å². The normalized spacial score (nSPS) is 12.5. The van der Waals surface area contributed by atoms with Crippen LogP contribution in [0.25, 0.3) is 0 Å². The summed E-state index contributed by atoms with van der Waals surface area (Å²) in [4.78, 5) is 13.0. The van der Waals surface area contributed by atoms with Crippen LogP contribution in [0.3, 0.4) is 0 Å². The van der Waals surface area contributed by atoms with Gasteiger partial charge in [-0.15, -0.1) is 0 Å². The van der Waals surface area contributed by atoms with Crippen molar-refractivity contribution in [2.45, 2.75) is 46.6 Å². The second-order valence-electron chi connectivity index (χ2n) is 5.40. The van der Waals surface area contributed by atoms with E-state index in [2.05, 4.69) is 18.7 Å². The molecule has 0 unspecified atom stereocenters. The van der Waals surface area contributed by atoms with Gasteiger partial charge >= 0.3 is 0 Å². The van der Waals surface area contributed by atoms with E-state index >= 15 is 0 Å². The monoisotopic (exact) mass is 294 g/mol. The van der Waals surface area contributed by atoms with Crippen LogP contribution in [-0.4, -0.2) is 23.1 Å². The number of nitrogens with zero attached hydrogens (tertiary/aromatic N) is 2. The predicted octanol–water partition coefficient (Wildman–Crippen LogP) is 3.91. The van der Waals surface area contributed by atoms with Crippen molar-refractivity contribution in [2.24, 2.45) is 5.92 Å². The highest BCUT2D eigenvalue weighted by molar-refractivity contribution is 5.64. The summed E-state index contributed by atoms with van der Waals surface area (Å²) in [6.45, 7) is 9.46. The first kappa shape index (κ1) is 17.4. The lowest BCUT2D eigenvalue weighted by Crippen LogP contribution is -2.29. The van der Waals surface area contributed by atoms with Crippen LogP contribution in [0.5, 0.6) is 0 Å². The molecule has 0 aromatic heterocycles. The van der Waals surface area contributed by atoms with Crippen LogP contribution in [0.1, 0.15) is 52.2 Å². The first-order chi connectivity index (χ1) is 9.94. The summed E-state index contributed by atoms with van der Waals surface area (Å²) < 4.78 is 0. The molecule has 1 aromatic carbocycles. The first-order valence-corrected chi connectivity index (χ1v) is 7.65. The molecule has 1 rings (SSSR count). The number of hydrogen-bond donors (Lipinski definition) is 1. The fourth-order valence-corrected chi connectivity index (χ4v) is 2.47. The van der Waals surface area contributed by atoms with E-state index in [0.717, 1.165) is 25.9 Å². The van der Waals surface area contributed by atoms with Crippen LogP contribution in [0, 0.1) is 16.0 Å². The van der Waals surface area contributed by atoms with E-state index in [4.69, 9.17) is 0 Å². The third kappa shape index (κ3) is 4.43. The van der Waals surface area contributed by atoms with E-state index in [1.165, 1.54) is 6.07 Å². The van der Waals surface area contributed by atoms with Gasteiger partial charge in [-0.25, -0.2) is 0 Å². The Labute approximate surface area is 126 Å². The number of rotatable bonds is 8. The minimum absolute atomic E-state index is 0.0706. The van der Waals surface area contributed by atoms with Crippen LogP contribution in [-0.2, 0) is 0 Å². The zero-order valence-electron chi connectivity index (χ0n) is 13.4. The summed E-state index contributed by atoms with van der Waals surface area (Å²) in [5.74, 6) is 0.529. The zero-order valence-corrected chi connectivity index (χ0v) is 13.4. The number of anilines is 1. The van der Waals surface area contributed by atoms with Crippen LogP contribution in [0.2, 0.25) is 0 Å². The quantitative estimate of drug-likeness (QED) is 0.583. The highest BCUT2D eigenvalue weighted by Crippen LogP contribution is 2.32. The van der Waals surface area contributed by atoms with Crippen LogP contribution >= 0.6 is 0 Å². The van der Waals surface area contributed by atoms with Gasteiger partial charge in [-0.05, 0) is 31.4 Å². The van der Waals surface area contributed by atoms with Gasteiger partial charge in [-0.2, -0.15) is 0 Å². The molecule has 0 spiro atoms. The molecule has 1 N–H and O–H groups in total. The van der Waals surface area contributed by atoms with E-state index in [9.17, 15) is 15.2 Å². The predicted molar refractivity (Wildman–Crippen MR) is 85.7 cm³/mol. The van der Waals surface area contributed by atoms with Crippen molar-refractivity contribution in [1.29, 1.82) is 0 Å². The van der Waals surface area contributed by atoms with E-state index in [1.807, 2.05) is 6.92 Å². The molecule has 21 heavy (non-hydrogen) atoms. The summed E-state index contributed by atoms with van der Waals surface area (Å²) in [7, 11) is 0. The molecule has 1 atom stereocenters. The molecule has 0 saturated heterocycles. The minimum atomic E-state index is -0.702.